The predicted octanol–water partition coefficient (Wildman–Crippen LogP) is 6.66. The van der Waals surface area contributed by atoms with Crippen molar-refractivity contribution in [1.82, 2.24) is 9.78 Å². The van der Waals surface area contributed by atoms with Crippen LogP contribution >= 0.6 is 11.8 Å². The Morgan fingerprint density at radius 3 is 2.48 bits per heavy atom. The molecule has 0 spiro atoms. The Labute approximate surface area is 193 Å². The number of carboxylic acid groups (broad SMARTS) is 1. The summed E-state index contributed by atoms with van der Waals surface area (Å²) >= 11 is 1.65. The molecule has 0 bridgehead atoms. The van der Waals surface area contributed by atoms with Gasteiger partial charge in [0.2, 0.25) is 0 Å². The van der Waals surface area contributed by atoms with Crippen molar-refractivity contribution >= 4 is 28.6 Å². The van der Waals surface area contributed by atoms with Crippen LogP contribution in [0.1, 0.15) is 28.7 Å². The quantitative estimate of drug-likeness (QED) is 0.307. The maximum Gasteiger partial charge on any atom is 0.416 e. The van der Waals surface area contributed by atoms with Crippen molar-refractivity contribution in [2.45, 2.75) is 36.6 Å². The van der Waals surface area contributed by atoms with Crippen LogP contribution in [0.5, 0.6) is 0 Å². The number of nitrogens with zero attached hydrogens (tertiary/aromatic N) is 2. The van der Waals surface area contributed by atoms with Gasteiger partial charge >= 0.3 is 12.1 Å². The number of thioether (sulfide) groups is 1. The highest BCUT2D eigenvalue weighted by molar-refractivity contribution is 7.98. The lowest BCUT2D eigenvalue weighted by Crippen LogP contribution is -2.05. The van der Waals surface area contributed by atoms with E-state index in [2.05, 4.69) is 11.2 Å². The molecule has 1 aromatic heterocycles. The Bertz CT molecular complexity index is 1300. The van der Waals surface area contributed by atoms with Gasteiger partial charge in [-0.25, -0.2) is 4.68 Å². The highest BCUT2D eigenvalue weighted by atomic mass is 32.2. The predicted molar refractivity (Wildman–Crippen MR) is 123 cm³/mol. The van der Waals surface area contributed by atoms with E-state index < -0.39 is 17.7 Å². The molecule has 0 radical (unpaired) electrons. The van der Waals surface area contributed by atoms with Crippen LogP contribution in [0.2, 0.25) is 0 Å². The fourth-order valence-corrected chi connectivity index (χ4v) is 4.58. The molecule has 0 saturated heterocycles. The number of fused-ring (bicyclic) bond motifs is 1. The summed E-state index contributed by atoms with van der Waals surface area (Å²) in [6.07, 6.45) is -1.94. The molecule has 4 rings (SSSR count). The van der Waals surface area contributed by atoms with Gasteiger partial charge in [0.1, 0.15) is 0 Å². The van der Waals surface area contributed by atoms with Gasteiger partial charge in [-0.05, 0) is 66.4 Å². The van der Waals surface area contributed by atoms with Gasteiger partial charge in [0.05, 0.1) is 16.8 Å². The third-order valence-corrected chi connectivity index (χ3v) is 6.44. The van der Waals surface area contributed by atoms with E-state index in [1.165, 1.54) is 12.1 Å². The average Bonchev–Trinajstić information content (AvgIpc) is 3.21. The highest BCUT2D eigenvalue weighted by Gasteiger charge is 2.30. The van der Waals surface area contributed by atoms with Gasteiger partial charge in [0.15, 0.2) is 0 Å². The summed E-state index contributed by atoms with van der Waals surface area (Å²) in [5, 5.41) is 14.4. The fraction of sp³-hybridized carbons (Fsp3) is 0.200. The Kier molecular flexibility index (Phi) is 6.47. The zero-order valence-corrected chi connectivity index (χ0v) is 18.6. The first-order valence-corrected chi connectivity index (χ1v) is 11.3. The van der Waals surface area contributed by atoms with Crippen LogP contribution in [0.15, 0.2) is 71.8 Å². The number of rotatable bonds is 7. The molecule has 0 aliphatic carbocycles. The van der Waals surface area contributed by atoms with E-state index in [-0.39, 0.29) is 6.42 Å². The molecule has 0 saturated carbocycles. The molecule has 4 nitrogen and oxygen atoms in total. The summed E-state index contributed by atoms with van der Waals surface area (Å²) < 4.78 is 40.1. The molecule has 170 valence electrons. The molecular formula is C25H21F3N2O2S. The van der Waals surface area contributed by atoms with Gasteiger partial charge in [-0.2, -0.15) is 18.3 Å². The van der Waals surface area contributed by atoms with Crippen LogP contribution < -0.4 is 0 Å². The molecule has 3 aromatic carbocycles. The maximum atomic E-state index is 12.8. The lowest BCUT2D eigenvalue weighted by atomic mass is 10.0. The minimum atomic E-state index is -4.37. The number of aromatic nitrogens is 2. The molecule has 4 aromatic rings. The molecule has 0 amide bonds. The molecule has 0 aliphatic rings. The summed E-state index contributed by atoms with van der Waals surface area (Å²) in [6.45, 7) is 1.98. The number of aryl methyl sites for hydroxylation is 2. The van der Waals surface area contributed by atoms with Gasteiger partial charge < -0.3 is 5.11 Å². The molecule has 0 atom stereocenters. The van der Waals surface area contributed by atoms with Crippen molar-refractivity contribution < 1.29 is 23.1 Å². The summed E-state index contributed by atoms with van der Waals surface area (Å²) in [5.74, 6) is -0.133. The number of alkyl halides is 3. The Balaban J connectivity index is 1.52. The summed E-state index contributed by atoms with van der Waals surface area (Å²) in [5.41, 5.74) is 3.79. The van der Waals surface area contributed by atoms with Crippen molar-refractivity contribution in [1.29, 1.82) is 0 Å². The van der Waals surface area contributed by atoms with E-state index in [9.17, 15) is 18.0 Å². The smallest absolute Gasteiger partial charge is 0.416 e. The normalized spacial score (nSPS) is 11.8. The summed E-state index contributed by atoms with van der Waals surface area (Å²) in [7, 11) is 0. The lowest BCUT2D eigenvalue weighted by molar-refractivity contribution is -0.138. The molecule has 0 aliphatic heterocycles. The van der Waals surface area contributed by atoms with E-state index in [1.807, 2.05) is 43.5 Å². The summed E-state index contributed by atoms with van der Waals surface area (Å²) in [6, 6.07) is 16.8. The second-order valence-electron chi connectivity index (χ2n) is 7.74. The van der Waals surface area contributed by atoms with Crippen molar-refractivity contribution in [3.8, 4) is 5.69 Å². The number of carboxylic acids is 1. The van der Waals surface area contributed by atoms with Gasteiger partial charge in [-0.3, -0.25) is 4.79 Å². The largest absolute Gasteiger partial charge is 0.481 e. The van der Waals surface area contributed by atoms with E-state index in [0.29, 0.717) is 17.9 Å². The first kappa shape index (κ1) is 22.9. The highest BCUT2D eigenvalue weighted by Crippen LogP contribution is 2.31. The number of carbonyl (C=O) groups is 1. The number of aliphatic carboxylic acids is 1. The average molecular weight is 471 g/mol. The molecule has 33 heavy (non-hydrogen) atoms. The SMILES string of the molecule is Cc1cc(SCc2cccc3cn(-c4ccc(C(F)(F)F)cc4)nc23)ccc1CCC(=O)O. The standard InChI is InChI=1S/C25H21F3N2O2S/c1-16-13-22(11-5-17(16)6-12-23(31)32)33-15-19-4-2-3-18-14-30(29-24(18)19)21-9-7-20(8-10-21)25(26,27)28/h2-5,7-11,13-14H,6,12,15H2,1H3,(H,31,32). The van der Waals surface area contributed by atoms with Crippen LogP contribution in [-0.4, -0.2) is 20.9 Å². The second kappa shape index (κ2) is 9.31. The monoisotopic (exact) mass is 470 g/mol. The van der Waals surface area contributed by atoms with E-state index >= 15 is 0 Å². The van der Waals surface area contributed by atoms with Gasteiger partial charge in [-0.15, -0.1) is 11.8 Å². The molecular weight excluding hydrogens is 449 g/mol. The summed E-state index contributed by atoms with van der Waals surface area (Å²) in [4.78, 5) is 11.9. The van der Waals surface area contributed by atoms with Crippen LogP contribution in [0, 0.1) is 6.92 Å². The van der Waals surface area contributed by atoms with Gasteiger partial charge in [-0.1, -0.05) is 24.3 Å². The van der Waals surface area contributed by atoms with Crippen LogP contribution in [0.25, 0.3) is 16.6 Å². The minimum absolute atomic E-state index is 0.108. The van der Waals surface area contributed by atoms with Crippen molar-refractivity contribution in [3.63, 3.8) is 0 Å². The second-order valence-corrected chi connectivity index (χ2v) is 8.79. The number of benzene rings is 3. The number of hydrogen-bond donors (Lipinski definition) is 1. The van der Waals surface area contributed by atoms with E-state index in [1.54, 1.807) is 16.4 Å². The molecule has 1 heterocycles. The molecule has 0 fully saturated rings. The number of halogens is 3. The van der Waals surface area contributed by atoms with E-state index in [0.717, 1.165) is 44.6 Å². The van der Waals surface area contributed by atoms with Gasteiger partial charge in [0, 0.05) is 28.7 Å². The first-order chi connectivity index (χ1) is 15.7. The lowest BCUT2D eigenvalue weighted by Gasteiger charge is -2.08. The van der Waals surface area contributed by atoms with Crippen LogP contribution in [-0.2, 0) is 23.1 Å². The fourth-order valence-electron chi connectivity index (χ4n) is 3.60. The minimum Gasteiger partial charge on any atom is -0.481 e. The van der Waals surface area contributed by atoms with Gasteiger partial charge in [0.25, 0.3) is 0 Å². The maximum absolute atomic E-state index is 12.8. The molecule has 0 unspecified atom stereocenters. The zero-order chi connectivity index (χ0) is 23.6. The van der Waals surface area contributed by atoms with Crippen molar-refractivity contribution in [3.05, 3.63) is 89.1 Å². The molecule has 8 heteroatoms. The Hall–Kier alpha value is -3.26. The third-order valence-electron chi connectivity index (χ3n) is 5.40. The third kappa shape index (κ3) is 5.39. The topological polar surface area (TPSA) is 55.1 Å². The van der Waals surface area contributed by atoms with Crippen molar-refractivity contribution in [2.75, 3.05) is 0 Å². The van der Waals surface area contributed by atoms with Crippen LogP contribution in [0.3, 0.4) is 0 Å². The van der Waals surface area contributed by atoms with Crippen LogP contribution in [0.4, 0.5) is 13.2 Å². The Morgan fingerprint density at radius 2 is 1.82 bits per heavy atom. The first-order valence-electron chi connectivity index (χ1n) is 10.3. The Morgan fingerprint density at radius 1 is 1.06 bits per heavy atom. The van der Waals surface area contributed by atoms with E-state index in [4.69, 9.17) is 5.11 Å². The molecule has 1 N–H and O–H groups in total. The van der Waals surface area contributed by atoms with Crippen molar-refractivity contribution in [2.24, 2.45) is 0 Å². The zero-order valence-electron chi connectivity index (χ0n) is 17.8. The number of hydrogen-bond acceptors (Lipinski definition) is 3.